The van der Waals surface area contributed by atoms with E-state index in [4.69, 9.17) is 5.11 Å². The van der Waals surface area contributed by atoms with E-state index in [1.165, 1.54) is 0 Å². The van der Waals surface area contributed by atoms with Crippen molar-refractivity contribution in [1.82, 2.24) is 0 Å². The molecule has 0 unspecified atom stereocenters. The zero-order chi connectivity index (χ0) is 15.1. The number of para-hydroxylation sites is 1. The molecule has 4 nitrogen and oxygen atoms in total. The number of hydrogen-bond donors (Lipinski definition) is 1. The van der Waals surface area contributed by atoms with E-state index in [1.54, 1.807) is 4.90 Å². The fourth-order valence-electron chi connectivity index (χ4n) is 2.00. The Hall–Kier alpha value is -1.84. The summed E-state index contributed by atoms with van der Waals surface area (Å²) in [7, 11) is 0. The van der Waals surface area contributed by atoms with Crippen LogP contribution in [0.25, 0.3) is 0 Å². The lowest BCUT2D eigenvalue weighted by Crippen LogP contribution is -2.33. The van der Waals surface area contributed by atoms with Crippen molar-refractivity contribution in [2.45, 2.75) is 40.0 Å². The van der Waals surface area contributed by atoms with Gasteiger partial charge in [-0.3, -0.25) is 9.59 Å². The summed E-state index contributed by atoms with van der Waals surface area (Å²) < 4.78 is 0. The molecule has 0 atom stereocenters. The molecule has 1 N–H and O–H groups in total. The van der Waals surface area contributed by atoms with Crippen LogP contribution in [0, 0.1) is 12.8 Å². The van der Waals surface area contributed by atoms with Gasteiger partial charge in [-0.25, -0.2) is 0 Å². The molecule has 0 aromatic heterocycles. The number of amides is 1. The molecule has 0 bridgehead atoms. The Bertz CT molecular complexity index is 469. The van der Waals surface area contributed by atoms with Crippen LogP contribution in [0.4, 0.5) is 5.69 Å². The van der Waals surface area contributed by atoms with Crippen LogP contribution in [-0.2, 0) is 9.59 Å². The number of carboxylic acid groups (broad SMARTS) is 1. The SMILES string of the molecule is Cc1ccccc1N(CCC(=O)O)C(=O)CCC(C)C. The number of hydrogen-bond acceptors (Lipinski definition) is 2. The molecule has 0 saturated heterocycles. The van der Waals surface area contributed by atoms with Crippen LogP contribution in [0.5, 0.6) is 0 Å². The third kappa shape index (κ3) is 5.03. The summed E-state index contributed by atoms with van der Waals surface area (Å²) in [5, 5.41) is 8.84. The Kier molecular flexibility index (Phi) is 6.22. The first-order chi connectivity index (χ1) is 9.41. The van der Waals surface area contributed by atoms with Crippen molar-refractivity contribution in [3.05, 3.63) is 29.8 Å². The summed E-state index contributed by atoms with van der Waals surface area (Å²) >= 11 is 0. The summed E-state index contributed by atoms with van der Waals surface area (Å²) in [6.07, 6.45) is 1.22. The van der Waals surface area contributed by atoms with E-state index in [2.05, 4.69) is 13.8 Å². The Morgan fingerprint density at radius 2 is 1.85 bits per heavy atom. The normalized spacial score (nSPS) is 10.6. The van der Waals surface area contributed by atoms with E-state index in [-0.39, 0.29) is 18.9 Å². The maximum atomic E-state index is 12.3. The molecule has 20 heavy (non-hydrogen) atoms. The highest BCUT2D eigenvalue weighted by Crippen LogP contribution is 2.21. The molecule has 0 spiro atoms. The van der Waals surface area contributed by atoms with Gasteiger partial charge in [0, 0.05) is 18.7 Å². The molecule has 0 radical (unpaired) electrons. The number of aliphatic carboxylic acids is 1. The van der Waals surface area contributed by atoms with Crippen molar-refractivity contribution in [3.8, 4) is 0 Å². The molecule has 1 amide bonds. The van der Waals surface area contributed by atoms with Crippen LogP contribution < -0.4 is 4.90 Å². The van der Waals surface area contributed by atoms with E-state index in [0.717, 1.165) is 17.7 Å². The van der Waals surface area contributed by atoms with Crippen LogP contribution in [0.1, 0.15) is 38.7 Å². The number of carboxylic acids is 1. The first-order valence-corrected chi connectivity index (χ1v) is 6.99. The minimum atomic E-state index is -0.889. The fraction of sp³-hybridized carbons (Fsp3) is 0.500. The molecular weight excluding hydrogens is 254 g/mol. The first-order valence-electron chi connectivity index (χ1n) is 6.99. The Labute approximate surface area is 120 Å². The largest absolute Gasteiger partial charge is 0.481 e. The van der Waals surface area contributed by atoms with Gasteiger partial charge in [-0.15, -0.1) is 0 Å². The third-order valence-corrected chi connectivity index (χ3v) is 3.19. The van der Waals surface area contributed by atoms with Gasteiger partial charge in [0.25, 0.3) is 0 Å². The lowest BCUT2D eigenvalue weighted by molar-refractivity contribution is -0.136. The minimum absolute atomic E-state index is 0.00532. The van der Waals surface area contributed by atoms with Crippen LogP contribution in [0.15, 0.2) is 24.3 Å². The van der Waals surface area contributed by atoms with Gasteiger partial charge < -0.3 is 10.0 Å². The topological polar surface area (TPSA) is 57.6 Å². The molecule has 1 aromatic rings. The van der Waals surface area contributed by atoms with Crippen LogP contribution in [-0.4, -0.2) is 23.5 Å². The molecule has 1 aromatic carbocycles. The molecule has 1 rings (SSSR count). The fourth-order valence-corrected chi connectivity index (χ4v) is 2.00. The average molecular weight is 277 g/mol. The second-order valence-corrected chi connectivity index (χ2v) is 5.41. The summed E-state index contributed by atoms with van der Waals surface area (Å²) in [6.45, 7) is 6.29. The quantitative estimate of drug-likeness (QED) is 0.832. The second kappa shape index (κ2) is 7.68. The molecule has 0 aliphatic heterocycles. The summed E-state index contributed by atoms with van der Waals surface area (Å²) in [6, 6.07) is 7.57. The number of carbonyl (C=O) groups excluding carboxylic acids is 1. The van der Waals surface area contributed by atoms with Crippen molar-refractivity contribution < 1.29 is 14.7 Å². The van der Waals surface area contributed by atoms with E-state index in [9.17, 15) is 9.59 Å². The van der Waals surface area contributed by atoms with Gasteiger partial charge in [0.2, 0.25) is 5.91 Å². The van der Waals surface area contributed by atoms with Crippen molar-refractivity contribution in [2.75, 3.05) is 11.4 Å². The van der Waals surface area contributed by atoms with Crippen molar-refractivity contribution in [3.63, 3.8) is 0 Å². The van der Waals surface area contributed by atoms with Gasteiger partial charge in [0.05, 0.1) is 6.42 Å². The van der Waals surface area contributed by atoms with Crippen LogP contribution in [0.2, 0.25) is 0 Å². The Morgan fingerprint density at radius 1 is 1.20 bits per heavy atom. The zero-order valence-corrected chi connectivity index (χ0v) is 12.4. The minimum Gasteiger partial charge on any atom is -0.481 e. The van der Waals surface area contributed by atoms with Crippen molar-refractivity contribution >= 4 is 17.6 Å². The first kappa shape index (κ1) is 16.2. The van der Waals surface area contributed by atoms with Gasteiger partial charge in [-0.2, -0.15) is 0 Å². The highest BCUT2D eigenvalue weighted by atomic mass is 16.4. The molecule has 0 aliphatic rings. The Balaban J connectivity index is 2.87. The maximum absolute atomic E-state index is 12.3. The smallest absolute Gasteiger partial charge is 0.305 e. The predicted octanol–water partition coefficient (Wildman–Crippen LogP) is 3.24. The number of rotatable bonds is 7. The number of nitrogens with zero attached hydrogens (tertiary/aromatic N) is 1. The summed E-state index contributed by atoms with van der Waals surface area (Å²) in [5.41, 5.74) is 1.79. The molecule has 4 heteroatoms. The van der Waals surface area contributed by atoms with Gasteiger partial charge >= 0.3 is 5.97 Å². The van der Waals surface area contributed by atoms with E-state index >= 15 is 0 Å². The molecular formula is C16H23NO3. The highest BCUT2D eigenvalue weighted by molar-refractivity contribution is 5.94. The standard InChI is InChI=1S/C16H23NO3/c1-12(2)8-9-15(18)17(11-10-16(19)20)14-7-5-4-6-13(14)3/h4-7,12H,8-11H2,1-3H3,(H,19,20). The van der Waals surface area contributed by atoms with E-state index in [0.29, 0.717) is 12.3 Å². The van der Waals surface area contributed by atoms with Gasteiger partial charge in [0.15, 0.2) is 0 Å². The molecule has 0 aliphatic carbocycles. The second-order valence-electron chi connectivity index (χ2n) is 5.41. The predicted molar refractivity (Wildman–Crippen MR) is 79.9 cm³/mol. The maximum Gasteiger partial charge on any atom is 0.305 e. The summed E-state index contributed by atoms with van der Waals surface area (Å²) in [5.74, 6) is -0.438. The van der Waals surface area contributed by atoms with Gasteiger partial charge in [-0.05, 0) is 30.9 Å². The van der Waals surface area contributed by atoms with Crippen LogP contribution >= 0.6 is 0 Å². The monoisotopic (exact) mass is 277 g/mol. The number of carbonyl (C=O) groups is 2. The lowest BCUT2D eigenvalue weighted by atomic mass is 10.1. The van der Waals surface area contributed by atoms with Crippen LogP contribution in [0.3, 0.4) is 0 Å². The molecule has 0 fully saturated rings. The number of anilines is 1. The molecule has 110 valence electrons. The number of aryl methyl sites for hydroxylation is 1. The highest BCUT2D eigenvalue weighted by Gasteiger charge is 2.18. The third-order valence-electron chi connectivity index (χ3n) is 3.19. The molecule has 0 saturated carbocycles. The van der Waals surface area contributed by atoms with Crippen molar-refractivity contribution in [1.29, 1.82) is 0 Å². The lowest BCUT2D eigenvalue weighted by Gasteiger charge is -2.24. The van der Waals surface area contributed by atoms with Gasteiger partial charge in [0.1, 0.15) is 0 Å². The van der Waals surface area contributed by atoms with Crippen molar-refractivity contribution in [2.24, 2.45) is 5.92 Å². The summed E-state index contributed by atoms with van der Waals surface area (Å²) in [4.78, 5) is 24.7. The van der Waals surface area contributed by atoms with E-state index < -0.39 is 5.97 Å². The zero-order valence-electron chi connectivity index (χ0n) is 12.4. The average Bonchev–Trinajstić information content (AvgIpc) is 2.38. The Morgan fingerprint density at radius 3 is 2.40 bits per heavy atom. The molecule has 0 heterocycles. The number of benzene rings is 1. The van der Waals surface area contributed by atoms with E-state index in [1.807, 2.05) is 31.2 Å². The van der Waals surface area contributed by atoms with Gasteiger partial charge in [-0.1, -0.05) is 32.0 Å².